The van der Waals surface area contributed by atoms with Gasteiger partial charge in [-0.1, -0.05) is 72.1 Å². The van der Waals surface area contributed by atoms with E-state index in [-0.39, 0.29) is 23.0 Å². The summed E-state index contributed by atoms with van der Waals surface area (Å²) in [6, 6.07) is 17.4. The Morgan fingerprint density at radius 3 is 2.24 bits per heavy atom. The van der Waals surface area contributed by atoms with Crippen molar-refractivity contribution < 1.29 is 18.0 Å². The smallest absolute Gasteiger partial charge is 0.264 e. The summed E-state index contributed by atoms with van der Waals surface area (Å²) in [4.78, 5) is 28.1. The fraction of sp³-hybridized carbons (Fsp3) is 0.286. The molecule has 3 aromatic carbocycles. The molecule has 2 amide bonds. The monoisotopic (exact) mass is 575 g/mol. The molecule has 0 saturated heterocycles. The summed E-state index contributed by atoms with van der Waals surface area (Å²) in [5.74, 6) is -0.921. The van der Waals surface area contributed by atoms with Crippen molar-refractivity contribution in [3.05, 3.63) is 93.5 Å². The Labute approximate surface area is 234 Å². The van der Waals surface area contributed by atoms with Gasteiger partial charge in [-0.3, -0.25) is 13.9 Å². The normalized spacial score (nSPS) is 12.1. The van der Waals surface area contributed by atoms with E-state index in [9.17, 15) is 18.0 Å². The first kappa shape index (κ1) is 29.5. The SMILES string of the molecule is CC[C@H](C(=O)NC)N(Cc1ccccc1Cl)C(=O)CN(c1cc(Cl)ccc1C)S(=O)(=O)c1ccc(C)cc1. The molecule has 0 radical (unpaired) electrons. The fourth-order valence-corrected chi connectivity index (χ4v) is 5.93. The van der Waals surface area contributed by atoms with Crippen LogP contribution in [0.3, 0.4) is 0 Å². The molecule has 38 heavy (non-hydrogen) atoms. The predicted molar refractivity (Wildman–Crippen MR) is 152 cm³/mol. The molecule has 0 saturated carbocycles. The van der Waals surface area contributed by atoms with Crippen molar-refractivity contribution in [1.29, 1.82) is 0 Å². The summed E-state index contributed by atoms with van der Waals surface area (Å²) in [5, 5.41) is 3.36. The lowest BCUT2D eigenvalue weighted by Gasteiger charge is -2.33. The number of benzene rings is 3. The van der Waals surface area contributed by atoms with Gasteiger partial charge in [0.2, 0.25) is 11.8 Å². The molecule has 0 fully saturated rings. The average molecular weight is 577 g/mol. The van der Waals surface area contributed by atoms with Crippen LogP contribution in [0.1, 0.15) is 30.0 Å². The maximum atomic E-state index is 14.0. The summed E-state index contributed by atoms with van der Waals surface area (Å²) in [5.41, 5.74) is 2.43. The number of rotatable bonds is 10. The molecule has 0 aliphatic heterocycles. The first-order valence-corrected chi connectivity index (χ1v) is 14.3. The third kappa shape index (κ3) is 6.67. The van der Waals surface area contributed by atoms with E-state index in [1.165, 1.54) is 30.1 Å². The third-order valence-corrected chi connectivity index (χ3v) is 8.64. The quantitative estimate of drug-likeness (QED) is 0.352. The van der Waals surface area contributed by atoms with Crippen LogP contribution in [0.15, 0.2) is 71.6 Å². The highest BCUT2D eigenvalue weighted by Gasteiger charge is 2.34. The lowest BCUT2D eigenvalue weighted by molar-refractivity contribution is -0.140. The first-order chi connectivity index (χ1) is 18.0. The minimum atomic E-state index is -4.18. The van der Waals surface area contributed by atoms with Gasteiger partial charge in [0.25, 0.3) is 10.0 Å². The summed E-state index contributed by atoms with van der Waals surface area (Å²) in [7, 11) is -2.68. The van der Waals surface area contributed by atoms with Crippen LogP contribution >= 0.6 is 23.2 Å². The van der Waals surface area contributed by atoms with Crippen LogP contribution in [0.2, 0.25) is 10.0 Å². The maximum Gasteiger partial charge on any atom is 0.264 e. The highest BCUT2D eigenvalue weighted by Crippen LogP contribution is 2.30. The van der Waals surface area contributed by atoms with Gasteiger partial charge in [-0.15, -0.1) is 0 Å². The number of likely N-dealkylation sites (N-methyl/N-ethyl adjacent to an activating group) is 1. The molecule has 0 bridgehead atoms. The number of hydrogen-bond donors (Lipinski definition) is 1. The van der Waals surface area contributed by atoms with Crippen molar-refractivity contribution in [2.75, 3.05) is 17.9 Å². The average Bonchev–Trinajstić information content (AvgIpc) is 2.89. The van der Waals surface area contributed by atoms with E-state index in [0.29, 0.717) is 27.6 Å². The number of sulfonamides is 1. The van der Waals surface area contributed by atoms with Gasteiger partial charge in [0.15, 0.2) is 0 Å². The predicted octanol–water partition coefficient (Wildman–Crippen LogP) is 5.36. The van der Waals surface area contributed by atoms with E-state index >= 15 is 0 Å². The molecule has 7 nitrogen and oxygen atoms in total. The Hall–Kier alpha value is -3.07. The minimum Gasteiger partial charge on any atom is -0.357 e. The zero-order chi connectivity index (χ0) is 28.0. The van der Waals surface area contributed by atoms with Crippen molar-refractivity contribution in [3.8, 4) is 0 Å². The van der Waals surface area contributed by atoms with Crippen molar-refractivity contribution in [2.45, 2.75) is 44.7 Å². The molecule has 0 unspecified atom stereocenters. The highest BCUT2D eigenvalue weighted by molar-refractivity contribution is 7.92. The van der Waals surface area contributed by atoms with Crippen LogP contribution in [0.4, 0.5) is 5.69 Å². The summed E-state index contributed by atoms with van der Waals surface area (Å²) in [6.45, 7) is 4.87. The van der Waals surface area contributed by atoms with Crippen molar-refractivity contribution in [3.63, 3.8) is 0 Å². The Morgan fingerprint density at radius 1 is 0.974 bits per heavy atom. The minimum absolute atomic E-state index is 0.0252. The summed E-state index contributed by atoms with van der Waals surface area (Å²) < 4.78 is 28.9. The third-order valence-electron chi connectivity index (χ3n) is 6.26. The second-order valence-corrected chi connectivity index (χ2v) is 11.6. The van der Waals surface area contributed by atoms with Crippen LogP contribution in [-0.4, -0.2) is 44.8 Å². The molecule has 3 rings (SSSR count). The van der Waals surface area contributed by atoms with Crippen LogP contribution in [0, 0.1) is 13.8 Å². The number of amides is 2. The Balaban J connectivity index is 2.12. The number of nitrogens with zero attached hydrogens (tertiary/aromatic N) is 2. The molecule has 3 aromatic rings. The standard InChI is InChI=1S/C28H31Cl2N3O4S/c1-5-25(28(35)31-4)32(17-21-8-6-7-9-24(21)30)27(34)18-33(26-16-22(29)13-12-20(26)3)38(36,37)23-14-10-19(2)11-15-23/h6-16,25H,5,17-18H2,1-4H3,(H,31,35)/t25-/m1/s1. The molecule has 0 heterocycles. The Morgan fingerprint density at radius 2 is 1.63 bits per heavy atom. The number of nitrogens with one attached hydrogen (secondary N) is 1. The molecular formula is C28H31Cl2N3O4S. The zero-order valence-electron chi connectivity index (χ0n) is 21.7. The van der Waals surface area contributed by atoms with Gasteiger partial charge in [0.1, 0.15) is 12.6 Å². The van der Waals surface area contributed by atoms with E-state index in [4.69, 9.17) is 23.2 Å². The van der Waals surface area contributed by atoms with E-state index < -0.39 is 28.5 Å². The van der Waals surface area contributed by atoms with E-state index in [0.717, 1.165) is 9.87 Å². The lowest BCUT2D eigenvalue weighted by Crippen LogP contribution is -2.51. The number of halogens is 2. The van der Waals surface area contributed by atoms with Crippen LogP contribution in [0.5, 0.6) is 0 Å². The second kappa shape index (κ2) is 12.7. The van der Waals surface area contributed by atoms with Crippen molar-refractivity contribution >= 4 is 50.7 Å². The van der Waals surface area contributed by atoms with Gasteiger partial charge >= 0.3 is 0 Å². The number of anilines is 1. The number of carbonyl (C=O) groups is 2. The van der Waals surface area contributed by atoms with Crippen molar-refractivity contribution in [1.82, 2.24) is 10.2 Å². The Kier molecular flexibility index (Phi) is 9.82. The molecule has 202 valence electrons. The van der Waals surface area contributed by atoms with Gasteiger partial charge in [0.05, 0.1) is 10.6 Å². The zero-order valence-corrected chi connectivity index (χ0v) is 24.1. The fourth-order valence-electron chi connectivity index (χ4n) is 4.10. The molecule has 0 spiro atoms. The van der Waals surface area contributed by atoms with E-state index in [2.05, 4.69) is 5.32 Å². The molecule has 0 aromatic heterocycles. The van der Waals surface area contributed by atoms with E-state index in [1.54, 1.807) is 62.4 Å². The van der Waals surface area contributed by atoms with Crippen LogP contribution in [-0.2, 0) is 26.2 Å². The largest absolute Gasteiger partial charge is 0.357 e. The maximum absolute atomic E-state index is 14.0. The summed E-state index contributed by atoms with van der Waals surface area (Å²) >= 11 is 12.6. The highest BCUT2D eigenvalue weighted by atomic mass is 35.5. The van der Waals surface area contributed by atoms with Gasteiger partial charge in [-0.25, -0.2) is 8.42 Å². The first-order valence-electron chi connectivity index (χ1n) is 12.1. The van der Waals surface area contributed by atoms with E-state index in [1.807, 2.05) is 6.92 Å². The number of aryl methyl sites for hydroxylation is 2. The molecule has 10 heteroatoms. The molecule has 0 aliphatic rings. The van der Waals surface area contributed by atoms with Gasteiger partial charge in [0, 0.05) is 23.6 Å². The number of carbonyl (C=O) groups excluding carboxylic acids is 2. The van der Waals surface area contributed by atoms with Crippen LogP contribution in [0.25, 0.3) is 0 Å². The number of hydrogen-bond acceptors (Lipinski definition) is 4. The molecule has 1 N–H and O–H groups in total. The van der Waals surface area contributed by atoms with Gasteiger partial charge < -0.3 is 10.2 Å². The second-order valence-electron chi connectivity index (χ2n) is 8.91. The Bertz CT molecular complexity index is 1410. The van der Waals surface area contributed by atoms with Gasteiger partial charge in [-0.05, 0) is 61.7 Å². The van der Waals surface area contributed by atoms with Crippen LogP contribution < -0.4 is 9.62 Å². The molecule has 0 aliphatic carbocycles. The summed E-state index contributed by atoms with van der Waals surface area (Å²) in [6.07, 6.45) is 0.316. The topological polar surface area (TPSA) is 86.8 Å². The molecule has 1 atom stereocenters. The van der Waals surface area contributed by atoms with Crippen molar-refractivity contribution in [2.24, 2.45) is 0 Å². The lowest BCUT2D eigenvalue weighted by atomic mass is 10.1. The van der Waals surface area contributed by atoms with Gasteiger partial charge in [-0.2, -0.15) is 0 Å². The molecular weight excluding hydrogens is 545 g/mol.